The van der Waals surface area contributed by atoms with E-state index in [2.05, 4.69) is 17.2 Å². The van der Waals surface area contributed by atoms with Gasteiger partial charge in [0.05, 0.1) is 12.6 Å². The van der Waals surface area contributed by atoms with Gasteiger partial charge in [0, 0.05) is 17.5 Å². The first-order valence-electron chi connectivity index (χ1n) is 7.47. The molecule has 0 saturated heterocycles. The van der Waals surface area contributed by atoms with Gasteiger partial charge in [-0.05, 0) is 42.8 Å². The van der Waals surface area contributed by atoms with Gasteiger partial charge in [-0.1, -0.05) is 19.1 Å². The van der Waals surface area contributed by atoms with Crippen LogP contribution in [-0.4, -0.2) is 23.6 Å². The van der Waals surface area contributed by atoms with Crippen LogP contribution in [0.15, 0.2) is 48.5 Å². The predicted molar refractivity (Wildman–Crippen MR) is 90.3 cm³/mol. The third-order valence-corrected chi connectivity index (χ3v) is 3.49. The Bertz CT molecular complexity index is 769. The molecule has 4 heteroatoms. The summed E-state index contributed by atoms with van der Waals surface area (Å²) in [4.78, 5) is 9.38. The van der Waals surface area contributed by atoms with Gasteiger partial charge < -0.3 is 10.1 Å². The van der Waals surface area contributed by atoms with E-state index in [9.17, 15) is 0 Å². The Morgan fingerprint density at radius 1 is 1.00 bits per heavy atom. The second-order valence-corrected chi connectivity index (χ2v) is 5.07. The van der Waals surface area contributed by atoms with Crippen molar-refractivity contribution in [1.82, 2.24) is 9.97 Å². The maximum Gasteiger partial charge on any atom is 0.162 e. The zero-order chi connectivity index (χ0) is 15.4. The summed E-state index contributed by atoms with van der Waals surface area (Å²) in [6.45, 7) is 3.03. The molecule has 0 aliphatic carbocycles. The molecule has 1 heterocycles. The van der Waals surface area contributed by atoms with Crippen LogP contribution in [0, 0.1) is 0 Å². The minimum atomic E-state index is 0.722. The normalized spacial score (nSPS) is 10.6. The number of nitrogens with one attached hydrogen (secondary N) is 1. The van der Waals surface area contributed by atoms with E-state index in [1.807, 2.05) is 48.5 Å². The highest BCUT2D eigenvalue weighted by Crippen LogP contribution is 2.26. The molecule has 112 valence electrons. The lowest BCUT2D eigenvalue weighted by Gasteiger charge is -2.10. The van der Waals surface area contributed by atoms with Gasteiger partial charge in [-0.25, -0.2) is 9.97 Å². The molecule has 0 bridgehead atoms. The number of aromatic nitrogens is 2. The second-order valence-electron chi connectivity index (χ2n) is 5.07. The number of hydrogen-bond acceptors (Lipinski definition) is 4. The molecule has 0 aliphatic rings. The van der Waals surface area contributed by atoms with E-state index >= 15 is 0 Å². The molecular formula is C18H19N3O. The molecule has 3 aromatic rings. The number of fused-ring (bicyclic) bond motifs is 1. The zero-order valence-corrected chi connectivity index (χ0v) is 12.8. The van der Waals surface area contributed by atoms with Crippen LogP contribution in [0.1, 0.15) is 13.3 Å². The molecule has 0 unspecified atom stereocenters. The van der Waals surface area contributed by atoms with Gasteiger partial charge in [0.15, 0.2) is 5.82 Å². The summed E-state index contributed by atoms with van der Waals surface area (Å²) in [6, 6.07) is 15.9. The highest BCUT2D eigenvalue weighted by molar-refractivity contribution is 5.90. The first-order valence-corrected chi connectivity index (χ1v) is 7.47. The summed E-state index contributed by atoms with van der Waals surface area (Å²) < 4.78 is 5.20. The minimum Gasteiger partial charge on any atom is -0.497 e. The van der Waals surface area contributed by atoms with Gasteiger partial charge in [0.25, 0.3) is 0 Å². The molecule has 2 aromatic carbocycles. The summed E-state index contributed by atoms with van der Waals surface area (Å²) in [5.74, 6) is 2.44. The van der Waals surface area contributed by atoms with Crippen LogP contribution >= 0.6 is 0 Å². The summed E-state index contributed by atoms with van der Waals surface area (Å²) in [5, 5.41) is 4.44. The summed E-state index contributed by atoms with van der Waals surface area (Å²) in [6.07, 6.45) is 1.05. The van der Waals surface area contributed by atoms with E-state index < -0.39 is 0 Å². The highest BCUT2D eigenvalue weighted by Gasteiger charge is 2.09. The average Bonchev–Trinajstić information content (AvgIpc) is 2.59. The second kappa shape index (κ2) is 6.43. The molecular weight excluding hydrogens is 274 g/mol. The largest absolute Gasteiger partial charge is 0.497 e. The SMILES string of the molecule is CCCNc1nc(-c2ccc(OC)cc2)nc2ccccc12. The van der Waals surface area contributed by atoms with E-state index in [1.165, 1.54) is 0 Å². The number of ether oxygens (including phenoxy) is 1. The van der Waals surface area contributed by atoms with Crippen LogP contribution < -0.4 is 10.1 Å². The summed E-state index contributed by atoms with van der Waals surface area (Å²) >= 11 is 0. The topological polar surface area (TPSA) is 47.0 Å². The fourth-order valence-electron chi connectivity index (χ4n) is 2.32. The van der Waals surface area contributed by atoms with E-state index in [-0.39, 0.29) is 0 Å². The number of methoxy groups -OCH3 is 1. The third kappa shape index (κ3) is 2.86. The standard InChI is InChI=1S/C18H19N3O/c1-3-12-19-18-15-6-4-5-7-16(15)20-17(21-18)13-8-10-14(22-2)11-9-13/h4-11H,3,12H2,1-2H3,(H,19,20,21). The van der Waals surface area contributed by atoms with Crippen molar-refractivity contribution in [2.75, 3.05) is 19.0 Å². The molecule has 0 saturated carbocycles. The fraction of sp³-hybridized carbons (Fsp3) is 0.222. The zero-order valence-electron chi connectivity index (χ0n) is 12.8. The van der Waals surface area contributed by atoms with Crippen LogP contribution in [-0.2, 0) is 0 Å². The molecule has 0 spiro atoms. The molecule has 0 amide bonds. The monoisotopic (exact) mass is 293 g/mol. The van der Waals surface area contributed by atoms with E-state index in [4.69, 9.17) is 9.72 Å². The van der Waals surface area contributed by atoms with Crippen molar-refractivity contribution in [3.63, 3.8) is 0 Å². The van der Waals surface area contributed by atoms with Crippen molar-refractivity contribution >= 4 is 16.7 Å². The van der Waals surface area contributed by atoms with Gasteiger partial charge in [-0.15, -0.1) is 0 Å². The number of anilines is 1. The van der Waals surface area contributed by atoms with Crippen LogP contribution in [0.2, 0.25) is 0 Å². The number of nitrogens with zero attached hydrogens (tertiary/aromatic N) is 2. The number of hydrogen-bond donors (Lipinski definition) is 1. The molecule has 1 aromatic heterocycles. The lowest BCUT2D eigenvalue weighted by atomic mass is 10.1. The molecule has 3 rings (SSSR count). The van der Waals surface area contributed by atoms with Crippen molar-refractivity contribution in [1.29, 1.82) is 0 Å². The molecule has 0 atom stereocenters. The van der Waals surface area contributed by atoms with Crippen molar-refractivity contribution in [3.8, 4) is 17.1 Å². The minimum absolute atomic E-state index is 0.722. The molecule has 0 radical (unpaired) electrons. The van der Waals surface area contributed by atoms with Gasteiger partial charge >= 0.3 is 0 Å². The number of benzene rings is 2. The predicted octanol–water partition coefficient (Wildman–Crippen LogP) is 4.13. The molecule has 0 fully saturated rings. The van der Waals surface area contributed by atoms with Crippen molar-refractivity contribution in [3.05, 3.63) is 48.5 Å². The van der Waals surface area contributed by atoms with Gasteiger partial charge in [-0.2, -0.15) is 0 Å². The Kier molecular flexibility index (Phi) is 4.19. The number of rotatable bonds is 5. The van der Waals surface area contributed by atoms with Crippen molar-refractivity contribution in [2.24, 2.45) is 0 Å². The average molecular weight is 293 g/mol. The Hall–Kier alpha value is -2.62. The Labute approximate surface area is 130 Å². The fourth-order valence-corrected chi connectivity index (χ4v) is 2.32. The van der Waals surface area contributed by atoms with E-state index in [0.717, 1.165) is 46.8 Å². The highest BCUT2D eigenvalue weighted by atomic mass is 16.5. The smallest absolute Gasteiger partial charge is 0.162 e. The third-order valence-electron chi connectivity index (χ3n) is 3.49. The van der Waals surface area contributed by atoms with Gasteiger partial charge in [0.2, 0.25) is 0 Å². The first kappa shape index (κ1) is 14.3. The summed E-state index contributed by atoms with van der Waals surface area (Å²) in [7, 11) is 1.66. The first-order chi connectivity index (χ1) is 10.8. The van der Waals surface area contributed by atoms with Crippen LogP contribution in [0.4, 0.5) is 5.82 Å². The molecule has 0 aliphatic heterocycles. The lowest BCUT2D eigenvalue weighted by Crippen LogP contribution is -2.04. The molecule has 22 heavy (non-hydrogen) atoms. The Balaban J connectivity index is 2.08. The maximum absolute atomic E-state index is 5.20. The van der Waals surface area contributed by atoms with Gasteiger partial charge in [-0.3, -0.25) is 0 Å². The summed E-state index contributed by atoms with van der Waals surface area (Å²) in [5.41, 5.74) is 1.92. The van der Waals surface area contributed by atoms with Crippen LogP contribution in [0.25, 0.3) is 22.3 Å². The maximum atomic E-state index is 5.20. The van der Waals surface area contributed by atoms with Gasteiger partial charge in [0.1, 0.15) is 11.6 Å². The molecule has 1 N–H and O–H groups in total. The molecule has 4 nitrogen and oxygen atoms in total. The van der Waals surface area contributed by atoms with Crippen molar-refractivity contribution < 1.29 is 4.74 Å². The van der Waals surface area contributed by atoms with Crippen LogP contribution in [0.5, 0.6) is 5.75 Å². The quantitative estimate of drug-likeness (QED) is 0.768. The van der Waals surface area contributed by atoms with E-state index in [0.29, 0.717) is 0 Å². The Morgan fingerprint density at radius 2 is 1.77 bits per heavy atom. The van der Waals surface area contributed by atoms with Crippen LogP contribution in [0.3, 0.4) is 0 Å². The lowest BCUT2D eigenvalue weighted by molar-refractivity contribution is 0.415. The number of para-hydroxylation sites is 1. The van der Waals surface area contributed by atoms with E-state index in [1.54, 1.807) is 7.11 Å². The van der Waals surface area contributed by atoms with Crippen molar-refractivity contribution in [2.45, 2.75) is 13.3 Å². The Morgan fingerprint density at radius 3 is 2.50 bits per heavy atom.